The van der Waals surface area contributed by atoms with Gasteiger partial charge in [0, 0.05) is 37.4 Å². The zero-order valence-electron chi connectivity index (χ0n) is 17.3. The van der Waals surface area contributed by atoms with Crippen LogP contribution in [0.3, 0.4) is 0 Å². The van der Waals surface area contributed by atoms with Gasteiger partial charge in [0.05, 0.1) is 4.92 Å². The Morgan fingerprint density at radius 1 is 1.23 bits per heavy atom. The number of rotatable bonds is 7. The normalized spacial score (nSPS) is 11.4. The smallest absolute Gasteiger partial charge is 0.277 e. The Morgan fingerprint density at radius 3 is 2.60 bits per heavy atom. The molecule has 2 aromatic heterocycles. The third-order valence-corrected chi connectivity index (χ3v) is 5.67. The van der Waals surface area contributed by atoms with Crippen LogP contribution in [0, 0.1) is 10.1 Å². The van der Waals surface area contributed by atoms with Gasteiger partial charge < -0.3 is 0 Å². The van der Waals surface area contributed by atoms with E-state index in [-0.39, 0.29) is 11.6 Å². The number of aromatic nitrogens is 4. The summed E-state index contributed by atoms with van der Waals surface area (Å²) in [6, 6.07) is 6.36. The zero-order valence-corrected chi connectivity index (χ0v) is 18.1. The standard InChI is InChI=1S/C20H23N5O4S/c1-5-9-24-17-15(19(26)23(4)20(24)27)18(22-16(21-17)12(2)3)30-11-13-7-6-8-14(10-13)25(28)29/h6-8,10,12H,5,9,11H2,1-4H3. The first-order valence-electron chi connectivity index (χ1n) is 9.62. The SMILES string of the molecule is CCCn1c(=O)n(C)c(=O)c2c(SCc3cccc([N+](=O)[O-])c3)nc(C(C)C)nc21. The molecule has 0 saturated carbocycles. The molecular weight excluding hydrogens is 406 g/mol. The molecule has 3 rings (SSSR count). The van der Waals surface area contributed by atoms with E-state index >= 15 is 0 Å². The summed E-state index contributed by atoms with van der Waals surface area (Å²) >= 11 is 1.31. The van der Waals surface area contributed by atoms with Crippen molar-refractivity contribution in [2.24, 2.45) is 7.05 Å². The second-order valence-electron chi connectivity index (χ2n) is 7.25. The molecule has 0 bridgehead atoms. The molecule has 158 valence electrons. The van der Waals surface area contributed by atoms with Gasteiger partial charge >= 0.3 is 5.69 Å². The first-order valence-corrected chi connectivity index (χ1v) is 10.6. The molecule has 1 aromatic carbocycles. The van der Waals surface area contributed by atoms with Crippen molar-refractivity contribution in [1.29, 1.82) is 0 Å². The van der Waals surface area contributed by atoms with E-state index in [1.54, 1.807) is 12.1 Å². The number of aryl methyl sites for hydroxylation is 1. The van der Waals surface area contributed by atoms with Crippen molar-refractivity contribution < 1.29 is 4.92 Å². The number of benzene rings is 1. The molecule has 10 heteroatoms. The van der Waals surface area contributed by atoms with Crippen molar-refractivity contribution in [1.82, 2.24) is 19.1 Å². The number of fused-ring (bicyclic) bond motifs is 1. The minimum atomic E-state index is -0.445. The van der Waals surface area contributed by atoms with E-state index in [1.165, 1.54) is 35.5 Å². The first kappa shape index (κ1) is 21.7. The Bertz CT molecular complexity index is 1230. The van der Waals surface area contributed by atoms with Crippen LogP contribution < -0.4 is 11.2 Å². The largest absolute Gasteiger partial charge is 0.332 e. The van der Waals surface area contributed by atoms with Crippen molar-refractivity contribution >= 4 is 28.5 Å². The topological polar surface area (TPSA) is 113 Å². The van der Waals surface area contributed by atoms with E-state index < -0.39 is 16.2 Å². The van der Waals surface area contributed by atoms with Crippen molar-refractivity contribution in [2.45, 2.75) is 50.4 Å². The van der Waals surface area contributed by atoms with Crippen LogP contribution in [0.5, 0.6) is 0 Å². The number of nitro benzene ring substituents is 1. The van der Waals surface area contributed by atoms with Crippen molar-refractivity contribution in [3.63, 3.8) is 0 Å². The molecular formula is C20H23N5O4S. The Morgan fingerprint density at radius 2 is 1.97 bits per heavy atom. The summed E-state index contributed by atoms with van der Waals surface area (Å²) in [6.07, 6.45) is 0.713. The highest BCUT2D eigenvalue weighted by Gasteiger charge is 2.20. The van der Waals surface area contributed by atoms with Gasteiger partial charge in [0.15, 0.2) is 5.65 Å². The van der Waals surface area contributed by atoms with E-state index in [0.717, 1.165) is 10.1 Å². The van der Waals surface area contributed by atoms with Gasteiger partial charge in [-0.1, -0.05) is 32.9 Å². The van der Waals surface area contributed by atoms with E-state index in [1.807, 2.05) is 20.8 Å². The Balaban J connectivity index is 2.18. The van der Waals surface area contributed by atoms with E-state index in [4.69, 9.17) is 0 Å². The molecule has 30 heavy (non-hydrogen) atoms. The van der Waals surface area contributed by atoms with Gasteiger partial charge in [-0.3, -0.25) is 24.0 Å². The molecule has 0 aliphatic heterocycles. The molecule has 0 aliphatic carbocycles. The predicted molar refractivity (Wildman–Crippen MR) is 116 cm³/mol. The highest BCUT2D eigenvalue weighted by Crippen LogP contribution is 2.28. The number of hydrogen-bond donors (Lipinski definition) is 0. The molecule has 0 spiro atoms. The minimum Gasteiger partial charge on any atom is -0.277 e. The second-order valence-corrected chi connectivity index (χ2v) is 8.22. The van der Waals surface area contributed by atoms with Crippen molar-refractivity contribution in [3.05, 3.63) is 66.6 Å². The highest BCUT2D eigenvalue weighted by molar-refractivity contribution is 7.98. The number of hydrogen-bond acceptors (Lipinski definition) is 7. The monoisotopic (exact) mass is 429 g/mol. The molecule has 2 heterocycles. The maximum Gasteiger partial charge on any atom is 0.332 e. The zero-order chi connectivity index (χ0) is 22.0. The van der Waals surface area contributed by atoms with Gasteiger partial charge in [0.25, 0.3) is 11.2 Å². The minimum absolute atomic E-state index is 0.000740. The van der Waals surface area contributed by atoms with Gasteiger partial charge in [-0.15, -0.1) is 11.8 Å². The quantitative estimate of drug-likeness (QED) is 0.245. The molecule has 0 unspecified atom stereocenters. The summed E-state index contributed by atoms with van der Waals surface area (Å²) in [7, 11) is 1.45. The summed E-state index contributed by atoms with van der Waals surface area (Å²) in [5.41, 5.74) is 0.240. The fourth-order valence-corrected chi connectivity index (χ4v) is 4.02. The van der Waals surface area contributed by atoms with Gasteiger partial charge in [0.2, 0.25) is 0 Å². The lowest BCUT2D eigenvalue weighted by molar-refractivity contribution is -0.384. The van der Waals surface area contributed by atoms with Gasteiger partial charge in [-0.05, 0) is 12.0 Å². The van der Waals surface area contributed by atoms with Crippen LogP contribution in [0.4, 0.5) is 5.69 Å². The predicted octanol–water partition coefficient (Wildman–Crippen LogP) is 3.22. The Labute approximate surface area is 176 Å². The molecule has 3 aromatic rings. The summed E-state index contributed by atoms with van der Waals surface area (Å²) in [5.74, 6) is 0.934. The summed E-state index contributed by atoms with van der Waals surface area (Å²) in [5, 5.41) is 11.8. The van der Waals surface area contributed by atoms with E-state index in [2.05, 4.69) is 9.97 Å². The number of nitro groups is 1. The van der Waals surface area contributed by atoms with Crippen LogP contribution in [0.25, 0.3) is 11.0 Å². The van der Waals surface area contributed by atoms with Crippen LogP contribution in [0.1, 0.15) is 44.5 Å². The van der Waals surface area contributed by atoms with Crippen LogP contribution in [-0.2, 0) is 19.3 Å². The maximum absolute atomic E-state index is 12.9. The van der Waals surface area contributed by atoms with Crippen LogP contribution in [0.15, 0.2) is 38.9 Å². The average molecular weight is 430 g/mol. The van der Waals surface area contributed by atoms with Crippen molar-refractivity contribution in [2.75, 3.05) is 0 Å². The molecule has 0 amide bonds. The second kappa shape index (κ2) is 8.78. The summed E-state index contributed by atoms with van der Waals surface area (Å²) in [6.45, 7) is 6.28. The first-order chi connectivity index (χ1) is 14.2. The lowest BCUT2D eigenvalue weighted by atomic mass is 10.2. The summed E-state index contributed by atoms with van der Waals surface area (Å²) in [4.78, 5) is 45.3. The molecule has 0 atom stereocenters. The molecule has 9 nitrogen and oxygen atoms in total. The van der Waals surface area contributed by atoms with Crippen LogP contribution >= 0.6 is 11.8 Å². The average Bonchev–Trinajstić information content (AvgIpc) is 2.73. The highest BCUT2D eigenvalue weighted by atomic mass is 32.2. The lowest BCUT2D eigenvalue weighted by Crippen LogP contribution is -2.39. The van der Waals surface area contributed by atoms with Gasteiger partial charge in [0.1, 0.15) is 16.2 Å². The van der Waals surface area contributed by atoms with Gasteiger partial charge in [-0.25, -0.2) is 14.8 Å². The third-order valence-electron chi connectivity index (χ3n) is 4.63. The van der Waals surface area contributed by atoms with Crippen LogP contribution in [0.2, 0.25) is 0 Å². The van der Waals surface area contributed by atoms with Crippen LogP contribution in [-0.4, -0.2) is 24.0 Å². The van der Waals surface area contributed by atoms with E-state index in [9.17, 15) is 19.7 Å². The lowest BCUT2D eigenvalue weighted by Gasteiger charge is -2.15. The Hall–Kier alpha value is -3.01. The maximum atomic E-state index is 12.9. The van der Waals surface area contributed by atoms with Gasteiger partial charge in [-0.2, -0.15) is 0 Å². The van der Waals surface area contributed by atoms with E-state index in [0.29, 0.717) is 40.6 Å². The molecule has 0 aliphatic rings. The fraction of sp³-hybridized carbons (Fsp3) is 0.400. The molecule has 0 fully saturated rings. The Kier molecular flexibility index (Phi) is 6.35. The number of thioether (sulfide) groups is 1. The third kappa shape index (κ3) is 4.13. The summed E-state index contributed by atoms with van der Waals surface area (Å²) < 4.78 is 2.59. The fourth-order valence-electron chi connectivity index (χ4n) is 3.05. The van der Waals surface area contributed by atoms with Crippen molar-refractivity contribution in [3.8, 4) is 0 Å². The molecule has 0 N–H and O–H groups in total. The molecule has 0 radical (unpaired) electrons. The number of nitrogens with zero attached hydrogens (tertiary/aromatic N) is 5. The molecule has 0 saturated heterocycles. The number of non-ortho nitro benzene ring substituents is 1.